The highest BCUT2D eigenvalue weighted by molar-refractivity contribution is 7.59. The van der Waals surface area contributed by atoms with Crippen LogP contribution in [0.3, 0.4) is 0 Å². The zero-order valence-electron chi connectivity index (χ0n) is 43.0. The lowest BCUT2D eigenvalue weighted by molar-refractivity contribution is -0.196. The number of hydrogen-bond donors (Lipinski definition) is 5. The number of hydrogen-bond acceptors (Lipinski definition) is 9. The largest absolute Gasteiger partial charge is 0.481 e. The van der Waals surface area contributed by atoms with E-state index in [4.69, 9.17) is 45.5 Å². The molecule has 2 aromatic heterocycles. The maximum atomic E-state index is 14.4. The van der Waals surface area contributed by atoms with Crippen LogP contribution in [0.15, 0.2) is 60.9 Å². The van der Waals surface area contributed by atoms with Crippen molar-refractivity contribution in [2.45, 2.75) is 101 Å². The number of aromatic nitrogens is 2. The number of carboxylic acid groups (broad SMARTS) is 1. The van der Waals surface area contributed by atoms with Crippen LogP contribution in [-0.4, -0.2) is 114 Å². The molecule has 432 valence electrons. The molecule has 6 rings (SSSR count). The monoisotopic (exact) mass is 1210 g/mol. The number of likely N-dealkylation sites (N-methyl/N-ethyl adjacent to an activating group) is 2. The Hall–Kier alpha value is -4.08. The molecule has 2 aliphatic rings. The minimum Gasteiger partial charge on any atom is -0.481 e. The minimum atomic E-state index is -4.44. The van der Waals surface area contributed by atoms with Crippen LogP contribution < -0.4 is 22.5 Å². The first-order valence-electron chi connectivity index (χ1n) is 22.9. The molecule has 0 unspecified atom stereocenters. The summed E-state index contributed by atoms with van der Waals surface area (Å²) in [5.74, 6) is -7.31. The molecule has 27 heteroatoms. The molecule has 2 heterocycles. The first-order valence-corrected chi connectivity index (χ1v) is 23.7. The first-order chi connectivity index (χ1) is 33.9. The van der Waals surface area contributed by atoms with Gasteiger partial charge in [-0.3, -0.25) is 29.1 Å². The molecule has 3 amide bonds. The number of carbonyl (C=O) groups excluding carboxylic acids is 3. The van der Waals surface area contributed by atoms with Crippen LogP contribution in [0.2, 0.25) is 10.0 Å². The maximum absolute atomic E-state index is 14.4. The van der Waals surface area contributed by atoms with Gasteiger partial charge in [0.05, 0.1) is 38.4 Å². The van der Waals surface area contributed by atoms with Crippen molar-refractivity contribution in [2.75, 3.05) is 41.3 Å². The van der Waals surface area contributed by atoms with Crippen LogP contribution in [0, 0.1) is 36.3 Å². The van der Waals surface area contributed by atoms with E-state index in [0.717, 1.165) is 0 Å². The molecule has 0 spiro atoms. The number of nitrogens with one attached hydrogen (secondary N) is 1. The molecule has 4 aromatic rings. The second-order valence-corrected chi connectivity index (χ2v) is 19.6. The highest BCUT2D eigenvalue weighted by atomic mass is 35.5. The Morgan fingerprint density at radius 1 is 0.649 bits per heavy atom. The third kappa shape index (κ3) is 18.8. The van der Waals surface area contributed by atoms with Crippen molar-refractivity contribution in [3.63, 3.8) is 0 Å². The smallest absolute Gasteiger partial charge is 0.395 e. The number of pyridine rings is 2. The predicted octanol–water partition coefficient (Wildman–Crippen LogP) is 9.14. The van der Waals surface area contributed by atoms with E-state index in [0.29, 0.717) is 46.6 Å². The van der Waals surface area contributed by atoms with Gasteiger partial charge in [0.25, 0.3) is 11.8 Å². The number of aliphatic carboxylic acids is 1. The average Bonchev–Trinajstić information content (AvgIpc) is 4.24. The van der Waals surface area contributed by atoms with Crippen LogP contribution in [0.4, 0.5) is 35.1 Å². The Bertz CT molecular complexity index is 2600. The lowest BCUT2D eigenvalue weighted by Crippen LogP contribution is -2.43. The summed E-state index contributed by atoms with van der Waals surface area (Å²) < 4.78 is 109. The normalized spacial score (nSPS) is 15.4. The molecule has 2 fully saturated rings. The van der Waals surface area contributed by atoms with Gasteiger partial charge >= 0.3 is 18.3 Å². The standard InChI is InChI=1S/C25H29ClF4N4O2.C13H14F3NO2.C12H17ClFN3O.4H2S/c1-14-4-5-16(12-32-14)19(24(8-9-24)25(28,29)30)11-20(35)33-13-17(34(2)3)10-15-6-7-18(23(31)36)22(27)21(15)26;1-8-2-3-9(7-17-8)10(6-11(18)19)12(4-5-12)13(14,15)16;1-17(2)8(6-15)5-7-3-4-9(12(16)18)11(14)10(7)13;;;;/h4-7,12,17,19H,8-11,13H2,1-3H3,(H2,31,36)(H,33,35);2-3,7,10H,4-6H2,1H3,(H,18,19);3-4,8H,5-6,15H2,1-2H3,(H2,16,18);4*1H2/t17-,19-;10-;8-;;;;/m000..../s1. The van der Waals surface area contributed by atoms with E-state index in [2.05, 4.69) is 15.3 Å². The summed E-state index contributed by atoms with van der Waals surface area (Å²) in [6.45, 7) is 4.00. The van der Waals surface area contributed by atoms with Gasteiger partial charge in [0, 0.05) is 67.2 Å². The lowest BCUT2D eigenvalue weighted by atomic mass is 9.80. The van der Waals surface area contributed by atoms with Gasteiger partial charge in [-0.1, -0.05) is 47.5 Å². The van der Waals surface area contributed by atoms with Crippen molar-refractivity contribution in [2.24, 2.45) is 28.0 Å². The number of benzene rings is 2. The van der Waals surface area contributed by atoms with Gasteiger partial charge in [-0.25, -0.2) is 8.78 Å². The number of carbonyl (C=O) groups is 4. The summed E-state index contributed by atoms with van der Waals surface area (Å²) >= 11 is 12.0. The predicted molar refractivity (Wildman–Crippen MR) is 302 cm³/mol. The number of nitrogens with two attached hydrogens (primary N) is 3. The van der Waals surface area contributed by atoms with Crippen molar-refractivity contribution < 1.29 is 59.4 Å². The molecule has 2 aromatic carbocycles. The van der Waals surface area contributed by atoms with Crippen LogP contribution in [-0.2, 0) is 22.4 Å². The fourth-order valence-electron chi connectivity index (χ4n) is 8.52. The van der Waals surface area contributed by atoms with Gasteiger partial charge in [0.1, 0.15) is 0 Å². The van der Waals surface area contributed by atoms with Gasteiger partial charge in [0.2, 0.25) is 5.91 Å². The molecule has 8 N–H and O–H groups in total. The summed E-state index contributed by atoms with van der Waals surface area (Å²) in [5, 5.41) is 11.3. The number of halogens is 10. The number of aryl methyl sites for hydroxylation is 2. The van der Waals surface area contributed by atoms with Crippen LogP contribution in [0.5, 0.6) is 0 Å². The number of carboxylic acids is 1. The molecule has 0 radical (unpaired) electrons. The summed E-state index contributed by atoms with van der Waals surface area (Å²) in [6, 6.07) is 11.8. The summed E-state index contributed by atoms with van der Waals surface area (Å²) in [7, 11) is 7.28. The molecule has 0 aliphatic heterocycles. The fraction of sp³-hybridized carbons (Fsp3) is 0.480. The van der Waals surface area contributed by atoms with Crippen LogP contribution in [0.25, 0.3) is 0 Å². The third-order valence-corrected chi connectivity index (χ3v) is 14.3. The van der Waals surface area contributed by atoms with E-state index in [1.165, 1.54) is 30.6 Å². The van der Waals surface area contributed by atoms with Gasteiger partial charge in [-0.2, -0.15) is 80.3 Å². The summed E-state index contributed by atoms with van der Waals surface area (Å²) in [4.78, 5) is 57.9. The minimum absolute atomic E-state index is 0. The topological polar surface area (TPSA) is 211 Å². The number of amides is 3. The van der Waals surface area contributed by atoms with Crippen molar-refractivity contribution >= 4 is 101 Å². The molecule has 0 saturated heterocycles. The molecular formula is C50H68Cl2F8N8O5S4. The van der Waals surface area contributed by atoms with Crippen molar-refractivity contribution in [3.05, 3.63) is 127 Å². The average molecular weight is 1210 g/mol. The van der Waals surface area contributed by atoms with Gasteiger partial charge in [-0.15, -0.1) is 0 Å². The molecule has 77 heavy (non-hydrogen) atoms. The third-order valence-electron chi connectivity index (χ3n) is 13.5. The van der Waals surface area contributed by atoms with Crippen molar-refractivity contribution in [1.82, 2.24) is 25.1 Å². The number of alkyl halides is 6. The van der Waals surface area contributed by atoms with Gasteiger partial charge in [-0.05, 0) is 127 Å². The summed E-state index contributed by atoms with van der Waals surface area (Å²) in [6.07, 6.45) is -6.27. The number of rotatable bonds is 19. The Morgan fingerprint density at radius 3 is 1.30 bits per heavy atom. The zero-order valence-corrected chi connectivity index (χ0v) is 48.5. The Labute approximate surface area is 480 Å². The number of primary amides is 2. The quantitative estimate of drug-likeness (QED) is 0.0562. The highest BCUT2D eigenvalue weighted by Crippen LogP contribution is 2.67. The van der Waals surface area contributed by atoms with E-state index in [1.54, 1.807) is 63.2 Å². The van der Waals surface area contributed by atoms with E-state index >= 15 is 0 Å². The maximum Gasteiger partial charge on any atom is 0.395 e. The van der Waals surface area contributed by atoms with E-state index < -0.39 is 76.8 Å². The highest BCUT2D eigenvalue weighted by Gasteiger charge is 2.68. The van der Waals surface area contributed by atoms with Crippen molar-refractivity contribution in [1.29, 1.82) is 0 Å². The molecule has 2 saturated carbocycles. The molecule has 0 bridgehead atoms. The Morgan fingerprint density at radius 2 is 1.01 bits per heavy atom. The van der Waals surface area contributed by atoms with E-state index in [9.17, 15) is 54.3 Å². The zero-order chi connectivity index (χ0) is 55.0. The summed E-state index contributed by atoms with van der Waals surface area (Å²) in [5.41, 5.74) is 14.6. The van der Waals surface area contributed by atoms with Crippen molar-refractivity contribution in [3.8, 4) is 0 Å². The Balaban J connectivity index is 0.00000120. The lowest BCUT2D eigenvalue weighted by Gasteiger charge is -2.30. The van der Waals surface area contributed by atoms with E-state index in [1.807, 2.05) is 19.0 Å². The molecule has 2 aliphatic carbocycles. The molecule has 13 nitrogen and oxygen atoms in total. The Kier molecular flexibility index (Phi) is 28.9. The van der Waals surface area contributed by atoms with Gasteiger partial charge < -0.3 is 37.4 Å². The van der Waals surface area contributed by atoms with Crippen LogP contribution in [0.1, 0.15) is 105 Å². The second kappa shape index (κ2) is 30.5. The second-order valence-electron chi connectivity index (χ2n) is 18.9. The molecule has 4 atom stereocenters. The van der Waals surface area contributed by atoms with Crippen LogP contribution >= 0.6 is 77.2 Å². The SMILES string of the molecule is CN(C)[C@H](CN)Cc1ccc(C(N)=O)c(F)c1Cl.Cc1ccc([C@H](CC(=O)NC[C@H](Cc2ccc(C(N)=O)c(F)c2Cl)N(C)C)C2(C(F)(F)F)CC2)cn1.Cc1ccc([C@H](CC(=O)O)C2(C(F)(F)F)CC2)cn1.S.S.S.S. The number of nitrogens with zero attached hydrogens (tertiary/aromatic N) is 4. The first kappa shape index (κ1) is 72.9. The molecular weight excluding hydrogens is 1140 g/mol. The fourth-order valence-corrected chi connectivity index (χ4v) is 9.01. The van der Waals surface area contributed by atoms with E-state index in [-0.39, 0.29) is 132 Å². The van der Waals surface area contributed by atoms with Gasteiger partial charge in [0.15, 0.2) is 11.6 Å².